The van der Waals surface area contributed by atoms with Gasteiger partial charge in [0.05, 0.1) is 5.56 Å². The smallest absolute Gasteiger partial charge is 0.335 e. The van der Waals surface area contributed by atoms with Crippen LogP contribution < -0.4 is 5.32 Å². The van der Waals surface area contributed by atoms with Crippen molar-refractivity contribution < 1.29 is 19.8 Å². The molecule has 0 saturated carbocycles. The summed E-state index contributed by atoms with van der Waals surface area (Å²) < 4.78 is 0. The first-order valence-corrected chi connectivity index (χ1v) is 7.16. The molecule has 1 aliphatic rings. The first-order valence-electron chi connectivity index (χ1n) is 7.16. The van der Waals surface area contributed by atoms with E-state index in [9.17, 15) is 19.8 Å². The fourth-order valence-electron chi connectivity index (χ4n) is 2.93. The van der Waals surface area contributed by atoms with Crippen LogP contribution in [-0.2, 0) is 4.79 Å². The maximum atomic E-state index is 11.4. The zero-order valence-electron chi connectivity index (χ0n) is 12.5. The Morgan fingerprint density at radius 2 is 1.79 bits per heavy atom. The molecule has 2 heterocycles. The molecule has 7 nitrogen and oxygen atoms in total. The third-order valence-corrected chi connectivity index (χ3v) is 4.01. The standard InChI is InChI=1S/C16H15N3O4.ClH/c20-15(21)11-4-9(12-6-17-8-18-7-12)3-10(5-11)13-1-2-19-14(13)16(22)23;/h3-8,13-14,19H,1-2H2,(H,20,21)(H,22,23);1H/t13-,14+;/m1./s1. The van der Waals surface area contributed by atoms with Crippen LogP contribution in [0.3, 0.4) is 0 Å². The molecular weight excluding hydrogens is 334 g/mol. The van der Waals surface area contributed by atoms with Crippen molar-refractivity contribution in [2.24, 2.45) is 0 Å². The highest BCUT2D eigenvalue weighted by atomic mass is 35.5. The number of halogens is 1. The van der Waals surface area contributed by atoms with E-state index < -0.39 is 18.0 Å². The maximum Gasteiger partial charge on any atom is 0.335 e. The second-order valence-electron chi connectivity index (χ2n) is 5.44. The number of carboxylic acid groups (broad SMARTS) is 2. The van der Waals surface area contributed by atoms with E-state index in [1.165, 1.54) is 6.33 Å². The Hall–Kier alpha value is -2.51. The fourth-order valence-corrected chi connectivity index (χ4v) is 2.93. The van der Waals surface area contributed by atoms with E-state index in [1.54, 1.807) is 24.5 Å². The Bertz CT molecular complexity index is 754. The number of benzene rings is 1. The molecule has 0 amide bonds. The Balaban J connectivity index is 0.00000208. The van der Waals surface area contributed by atoms with Crippen molar-refractivity contribution in [1.82, 2.24) is 15.3 Å². The molecule has 0 aliphatic carbocycles. The number of carbonyl (C=O) groups is 2. The third-order valence-electron chi connectivity index (χ3n) is 4.01. The van der Waals surface area contributed by atoms with E-state index in [0.717, 1.165) is 0 Å². The number of rotatable bonds is 4. The first kappa shape index (κ1) is 17.8. The lowest BCUT2D eigenvalue weighted by atomic mass is 9.88. The van der Waals surface area contributed by atoms with Gasteiger partial charge in [-0.1, -0.05) is 6.07 Å². The average molecular weight is 350 g/mol. The van der Waals surface area contributed by atoms with Crippen LogP contribution in [0.25, 0.3) is 11.1 Å². The number of aromatic nitrogens is 2. The van der Waals surface area contributed by atoms with Crippen LogP contribution >= 0.6 is 12.4 Å². The minimum absolute atomic E-state index is 0. The zero-order valence-corrected chi connectivity index (χ0v) is 13.4. The molecule has 2 aromatic rings. The van der Waals surface area contributed by atoms with E-state index in [4.69, 9.17) is 0 Å². The number of nitrogens with one attached hydrogen (secondary N) is 1. The second kappa shape index (κ2) is 7.37. The van der Waals surface area contributed by atoms with Crippen LogP contribution in [0.2, 0.25) is 0 Å². The molecule has 0 spiro atoms. The summed E-state index contributed by atoms with van der Waals surface area (Å²) in [4.78, 5) is 30.6. The number of hydrogen-bond acceptors (Lipinski definition) is 5. The second-order valence-corrected chi connectivity index (χ2v) is 5.44. The Morgan fingerprint density at radius 3 is 2.42 bits per heavy atom. The van der Waals surface area contributed by atoms with Crippen molar-refractivity contribution in [3.8, 4) is 11.1 Å². The molecule has 1 aromatic heterocycles. The first-order chi connectivity index (χ1) is 11.1. The van der Waals surface area contributed by atoms with Gasteiger partial charge < -0.3 is 15.5 Å². The SMILES string of the molecule is Cl.O=C(O)c1cc(-c2cncnc2)cc([C@H]2CCN[C@@H]2C(=O)O)c1. The van der Waals surface area contributed by atoms with Crippen molar-refractivity contribution >= 4 is 24.3 Å². The highest BCUT2D eigenvalue weighted by molar-refractivity contribution is 5.90. The number of nitrogens with zero attached hydrogens (tertiary/aromatic N) is 2. The number of hydrogen-bond donors (Lipinski definition) is 3. The van der Waals surface area contributed by atoms with Crippen LogP contribution in [0.5, 0.6) is 0 Å². The van der Waals surface area contributed by atoms with Crippen molar-refractivity contribution in [2.75, 3.05) is 6.54 Å². The van der Waals surface area contributed by atoms with E-state index >= 15 is 0 Å². The van der Waals surface area contributed by atoms with Crippen molar-refractivity contribution in [1.29, 1.82) is 0 Å². The maximum absolute atomic E-state index is 11.4. The number of aliphatic carboxylic acids is 1. The van der Waals surface area contributed by atoms with E-state index in [0.29, 0.717) is 29.7 Å². The number of carboxylic acids is 2. The summed E-state index contributed by atoms with van der Waals surface area (Å²) in [7, 11) is 0. The summed E-state index contributed by atoms with van der Waals surface area (Å²) in [5.74, 6) is -2.25. The van der Waals surface area contributed by atoms with Gasteiger partial charge in [0.1, 0.15) is 12.4 Å². The fraction of sp³-hybridized carbons (Fsp3) is 0.250. The van der Waals surface area contributed by atoms with Crippen LogP contribution in [0.1, 0.15) is 28.3 Å². The van der Waals surface area contributed by atoms with Gasteiger partial charge in [0.2, 0.25) is 0 Å². The molecular formula is C16H16ClN3O4. The molecule has 0 bridgehead atoms. The van der Waals surface area contributed by atoms with Gasteiger partial charge in [0.25, 0.3) is 0 Å². The molecule has 1 saturated heterocycles. The molecule has 1 fully saturated rings. The monoisotopic (exact) mass is 349 g/mol. The highest BCUT2D eigenvalue weighted by Gasteiger charge is 2.34. The van der Waals surface area contributed by atoms with Crippen LogP contribution in [0, 0.1) is 0 Å². The van der Waals surface area contributed by atoms with Gasteiger partial charge in [-0.15, -0.1) is 12.4 Å². The Labute approximate surface area is 144 Å². The summed E-state index contributed by atoms with van der Waals surface area (Å²) in [5, 5.41) is 21.6. The van der Waals surface area contributed by atoms with Crippen LogP contribution in [0.15, 0.2) is 36.9 Å². The molecule has 126 valence electrons. The van der Waals surface area contributed by atoms with Gasteiger partial charge in [-0.25, -0.2) is 14.8 Å². The van der Waals surface area contributed by atoms with E-state index in [-0.39, 0.29) is 23.9 Å². The normalized spacial score (nSPS) is 19.5. The van der Waals surface area contributed by atoms with E-state index in [1.807, 2.05) is 6.07 Å². The van der Waals surface area contributed by atoms with Gasteiger partial charge in [0.15, 0.2) is 0 Å². The topological polar surface area (TPSA) is 112 Å². The van der Waals surface area contributed by atoms with Crippen molar-refractivity contribution in [2.45, 2.75) is 18.4 Å². The predicted octanol–water partition coefficient (Wildman–Crippen LogP) is 1.79. The molecule has 1 aliphatic heterocycles. The lowest BCUT2D eigenvalue weighted by Crippen LogP contribution is -2.34. The van der Waals surface area contributed by atoms with Crippen molar-refractivity contribution in [3.05, 3.63) is 48.0 Å². The molecule has 1 aromatic carbocycles. The highest BCUT2D eigenvalue weighted by Crippen LogP contribution is 2.32. The lowest BCUT2D eigenvalue weighted by Gasteiger charge is -2.17. The van der Waals surface area contributed by atoms with Gasteiger partial charge >= 0.3 is 11.9 Å². The lowest BCUT2D eigenvalue weighted by molar-refractivity contribution is -0.139. The molecule has 0 radical (unpaired) electrons. The summed E-state index contributed by atoms with van der Waals surface area (Å²) in [6, 6.07) is 4.20. The largest absolute Gasteiger partial charge is 0.480 e. The van der Waals surface area contributed by atoms with Gasteiger partial charge in [-0.05, 0) is 36.2 Å². The molecule has 24 heavy (non-hydrogen) atoms. The Kier molecular flexibility index (Phi) is 5.48. The minimum atomic E-state index is -1.05. The summed E-state index contributed by atoms with van der Waals surface area (Å²) in [6.45, 7) is 0.586. The van der Waals surface area contributed by atoms with Crippen molar-refractivity contribution in [3.63, 3.8) is 0 Å². The average Bonchev–Trinajstić information content (AvgIpc) is 3.05. The number of aromatic carboxylic acids is 1. The molecule has 0 unspecified atom stereocenters. The van der Waals surface area contributed by atoms with Gasteiger partial charge in [0, 0.05) is 23.9 Å². The quantitative estimate of drug-likeness (QED) is 0.771. The predicted molar refractivity (Wildman–Crippen MR) is 88.5 cm³/mol. The van der Waals surface area contributed by atoms with Gasteiger partial charge in [-0.3, -0.25) is 4.79 Å². The Morgan fingerprint density at radius 1 is 1.08 bits per heavy atom. The molecule has 3 rings (SSSR count). The van der Waals surface area contributed by atoms with Crippen LogP contribution in [0.4, 0.5) is 0 Å². The summed E-state index contributed by atoms with van der Waals surface area (Å²) in [5.41, 5.74) is 2.17. The third kappa shape index (κ3) is 3.52. The molecule has 3 N–H and O–H groups in total. The minimum Gasteiger partial charge on any atom is -0.480 e. The zero-order chi connectivity index (χ0) is 16.4. The van der Waals surface area contributed by atoms with E-state index in [2.05, 4.69) is 15.3 Å². The van der Waals surface area contributed by atoms with Crippen LogP contribution in [-0.4, -0.2) is 44.7 Å². The van der Waals surface area contributed by atoms with Gasteiger partial charge in [-0.2, -0.15) is 0 Å². The molecule has 8 heteroatoms. The summed E-state index contributed by atoms with van der Waals surface area (Å²) in [6.07, 6.45) is 5.23. The molecule has 2 atom stereocenters. The summed E-state index contributed by atoms with van der Waals surface area (Å²) >= 11 is 0.